The van der Waals surface area contributed by atoms with Gasteiger partial charge in [-0.2, -0.15) is 0 Å². The van der Waals surface area contributed by atoms with Crippen LogP contribution in [-0.2, 0) is 6.54 Å². The van der Waals surface area contributed by atoms with E-state index in [4.69, 9.17) is 4.42 Å². The van der Waals surface area contributed by atoms with E-state index in [0.29, 0.717) is 23.1 Å². The van der Waals surface area contributed by atoms with Crippen LogP contribution >= 0.6 is 0 Å². The van der Waals surface area contributed by atoms with Gasteiger partial charge in [0, 0.05) is 25.5 Å². The van der Waals surface area contributed by atoms with Gasteiger partial charge in [0.2, 0.25) is 5.76 Å². The van der Waals surface area contributed by atoms with Crippen LogP contribution in [0.25, 0.3) is 11.0 Å². The highest BCUT2D eigenvalue weighted by Gasteiger charge is 2.42. The van der Waals surface area contributed by atoms with Gasteiger partial charge >= 0.3 is 0 Å². The van der Waals surface area contributed by atoms with Gasteiger partial charge in [0.15, 0.2) is 5.43 Å². The van der Waals surface area contributed by atoms with Gasteiger partial charge in [0.1, 0.15) is 5.58 Å². The molecular formula is C25H23N3O3. The monoisotopic (exact) mass is 413 g/mol. The Balaban J connectivity index is 1.60. The molecule has 31 heavy (non-hydrogen) atoms. The maximum absolute atomic E-state index is 13.5. The topological polar surface area (TPSA) is 68.3 Å². The first kappa shape index (κ1) is 19.3. The molecule has 6 heteroatoms. The molecule has 0 saturated carbocycles. The summed E-state index contributed by atoms with van der Waals surface area (Å²) in [7, 11) is 0. The molecule has 3 heterocycles. The Bertz CT molecular complexity index is 1320. The van der Waals surface area contributed by atoms with E-state index >= 15 is 0 Å². The smallest absolute Gasteiger partial charge is 0.290 e. The van der Waals surface area contributed by atoms with Crippen LogP contribution in [0.15, 0.2) is 70.4 Å². The zero-order valence-electron chi connectivity index (χ0n) is 17.5. The number of hydrogen-bond donors (Lipinski definition) is 0. The van der Waals surface area contributed by atoms with Crippen molar-refractivity contribution in [3.8, 4) is 0 Å². The molecule has 0 fully saturated rings. The lowest BCUT2D eigenvalue weighted by atomic mass is 9.97. The van der Waals surface area contributed by atoms with Crippen LogP contribution in [0, 0.1) is 13.8 Å². The molecule has 0 N–H and O–H groups in total. The van der Waals surface area contributed by atoms with Gasteiger partial charge in [0.05, 0.1) is 23.3 Å². The molecule has 6 nitrogen and oxygen atoms in total. The third-order valence-electron chi connectivity index (χ3n) is 5.89. The van der Waals surface area contributed by atoms with Crippen molar-refractivity contribution in [1.82, 2.24) is 14.5 Å². The van der Waals surface area contributed by atoms with Crippen molar-refractivity contribution in [3.63, 3.8) is 0 Å². The minimum Gasteiger partial charge on any atom is -0.450 e. The van der Waals surface area contributed by atoms with Crippen LogP contribution in [-0.4, -0.2) is 26.9 Å². The fraction of sp³-hybridized carbons (Fsp3) is 0.240. The molecule has 1 atom stereocenters. The van der Waals surface area contributed by atoms with Crippen LogP contribution in [0.3, 0.4) is 0 Å². The van der Waals surface area contributed by atoms with Crippen LogP contribution in [0.5, 0.6) is 0 Å². The maximum atomic E-state index is 13.5. The molecule has 0 saturated heterocycles. The second kappa shape index (κ2) is 7.54. The van der Waals surface area contributed by atoms with Gasteiger partial charge in [-0.05, 0) is 38.0 Å². The van der Waals surface area contributed by atoms with Crippen molar-refractivity contribution in [1.29, 1.82) is 0 Å². The third kappa shape index (κ3) is 3.34. The molecular weight excluding hydrogens is 390 g/mol. The lowest BCUT2D eigenvalue weighted by Crippen LogP contribution is -2.31. The Morgan fingerprint density at radius 1 is 1.00 bits per heavy atom. The summed E-state index contributed by atoms with van der Waals surface area (Å²) in [4.78, 5) is 32.7. The van der Waals surface area contributed by atoms with Gasteiger partial charge in [-0.1, -0.05) is 41.5 Å². The third-order valence-corrected chi connectivity index (χ3v) is 5.89. The summed E-state index contributed by atoms with van der Waals surface area (Å²) in [6.45, 7) is 5.21. The summed E-state index contributed by atoms with van der Waals surface area (Å²) in [5.41, 5.74) is 3.78. The summed E-state index contributed by atoms with van der Waals surface area (Å²) in [6.07, 6.45) is 6.14. The van der Waals surface area contributed by atoms with Crippen molar-refractivity contribution in [3.05, 3.63) is 99.4 Å². The van der Waals surface area contributed by atoms with Crippen molar-refractivity contribution in [2.75, 3.05) is 6.54 Å². The molecule has 0 spiro atoms. The van der Waals surface area contributed by atoms with Gasteiger partial charge < -0.3 is 13.9 Å². The number of amides is 1. The summed E-state index contributed by atoms with van der Waals surface area (Å²) >= 11 is 0. The van der Waals surface area contributed by atoms with E-state index in [2.05, 4.69) is 4.98 Å². The van der Waals surface area contributed by atoms with Crippen molar-refractivity contribution in [2.45, 2.75) is 32.9 Å². The zero-order valence-corrected chi connectivity index (χ0v) is 17.5. The molecule has 1 aliphatic rings. The molecule has 0 aliphatic carbocycles. The number of aromatic nitrogens is 2. The van der Waals surface area contributed by atoms with Crippen molar-refractivity contribution < 1.29 is 9.21 Å². The van der Waals surface area contributed by atoms with E-state index in [9.17, 15) is 9.59 Å². The van der Waals surface area contributed by atoms with Crippen molar-refractivity contribution >= 4 is 16.9 Å². The molecule has 1 aliphatic heterocycles. The molecule has 0 radical (unpaired) electrons. The summed E-state index contributed by atoms with van der Waals surface area (Å²) in [5, 5.41) is 0.518. The van der Waals surface area contributed by atoms with Crippen LogP contribution < -0.4 is 5.43 Å². The Labute approximate surface area is 179 Å². The highest BCUT2D eigenvalue weighted by molar-refractivity contribution is 5.99. The molecule has 1 amide bonds. The first-order valence-electron chi connectivity index (χ1n) is 10.4. The molecule has 2 aromatic heterocycles. The SMILES string of the molecule is Cc1ccc([C@H]2c3c(oc4ccc(C)cc4c3=O)C(=O)N2CCCn2ccnc2)cc1. The highest BCUT2D eigenvalue weighted by atomic mass is 16.3. The average Bonchev–Trinajstić information content (AvgIpc) is 3.37. The first-order valence-corrected chi connectivity index (χ1v) is 10.4. The largest absolute Gasteiger partial charge is 0.450 e. The molecule has 5 rings (SSSR count). The average molecular weight is 413 g/mol. The lowest BCUT2D eigenvalue weighted by molar-refractivity contribution is 0.0723. The maximum Gasteiger partial charge on any atom is 0.290 e. The second-order valence-electron chi connectivity index (χ2n) is 8.14. The summed E-state index contributed by atoms with van der Waals surface area (Å²) in [6, 6.07) is 13.0. The van der Waals surface area contributed by atoms with E-state index < -0.39 is 6.04 Å². The van der Waals surface area contributed by atoms with Gasteiger partial charge in [-0.15, -0.1) is 0 Å². The standard InChI is InChI=1S/C25H23N3O3/c1-16-4-7-18(8-5-16)22-21-23(29)19-14-17(2)6-9-20(19)31-24(21)25(30)28(22)12-3-11-27-13-10-26-15-27/h4-10,13-15,22H,3,11-12H2,1-2H3/t22-/m0/s1. The number of imidazole rings is 1. The number of nitrogens with zero attached hydrogens (tertiary/aromatic N) is 3. The molecule has 0 unspecified atom stereocenters. The van der Waals surface area contributed by atoms with Crippen LogP contribution in [0.1, 0.15) is 45.3 Å². The predicted octanol–water partition coefficient (Wildman–Crippen LogP) is 4.24. The summed E-state index contributed by atoms with van der Waals surface area (Å²) < 4.78 is 7.99. The van der Waals surface area contributed by atoms with E-state index in [0.717, 1.165) is 29.7 Å². The fourth-order valence-corrected chi connectivity index (χ4v) is 4.30. The first-order chi connectivity index (χ1) is 15.0. The quantitative estimate of drug-likeness (QED) is 0.491. The van der Waals surface area contributed by atoms with E-state index in [1.165, 1.54) is 0 Å². The number of carbonyl (C=O) groups excluding carboxylic acids is 1. The van der Waals surface area contributed by atoms with Crippen LogP contribution in [0.2, 0.25) is 0 Å². The fourth-order valence-electron chi connectivity index (χ4n) is 4.30. The van der Waals surface area contributed by atoms with Gasteiger partial charge in [-0.25, -0.2) is 4.98 Å². The Kier molecular flexibility index (Phi) is 4.70. The van der Waals surface area contributed by atoms with E-state index in [1.807, 2.05) is 61.0 Å². The van der Waals surface area contributed by atoms with E-state index in [-0.39, 0.29) is 17.1 Å². The number of benzene rings is 2. The van der Waals surface area contributed by atoms with E-state index in [1.54, 1.807) is 23.5 Å². The molecule has 4 aromatic rings. The number of carbonyl (C=O) groups is 1. The van der Waals surface area contributed by atoms with Gasteiger partial charge in [-0.3, -0.25) is 9.59 Å². The normalized spacial score (nSPS) is 15.6. The number of rotatable bonds is 5. The minimum absolute atomic E-state index is 0.129. The highest BCUT2D eigenvalue weighted by Crippen LogP contribution is 2.38. The van der Waals surface area contributed by atoms with Crippen LogP contribution in [0.4, 0.5) is 0 Å². The molecule has 2 aromatic carbocycles. The summed E-state index contributed by atoms with van der Waals surface area (Å²) in [5.74, 6) is -0.0691. The number of fused-ring (bicyclic) bond motifs is 2. The number of hydrogen-bond acceptors (Lipinski definition) is 4. The zero-order chi connectivity index (χ0) is 21.5. The molecule has 0 bridgehead atoms. The molecule has 156 valence electrons. The minimum atomic E-state index is -0.452. The Morgan fingerprint density at radius 3 is 2.52 bits per heavy atom. The second-order valence-corrected chi connectivity index (χ2v) is 8.14. The Morgan fingerprint density at radius 2 is 1.77 bits per heavy atom. The van der Waals surface area contributed by atoms with Crippen molar-refractivity contribution in [2.24, 2.45) is 0 Å². The van der Waals surface area contributed by atoms with Gasteiger partial charge in [0.25, 0.3) is 5.91 Å². The number of aryl methyl sites for hydroxylation is 3. The Hall–Kier alpha value is -3.67. The lowest BCUT2D eigenvalue weighted by Gasteiger charge is -2.25. The predicted molar refractivity (Wildman–Crippen MR) is 118 cm³/mol.